The lowest BCUT2D eigenvalue weighted by molar-refractivity contribution is -0.0870. The maximum absolute atomic E-state index is 15.8. The van der Waals surface area contributed by atoms with Crippen LogP contribution in [0, 0.1) is 64.3 Å². The average Bonchev–Trinajstić information content (AvgIpc) is 1.63. The average molecular weight is 1620 g/mol. The number of para-hydroxylation sites is 1. The van der Waals surface area contributed by atoms with Crippen molar-refractivity contribution in [2.24, 2.45) is 17.8 Å². The van der Waals surface area contributed by atoms with Crippen molar-refractivity contribution in [2.75, 3.05) is 98.4 Å². The first kappa shape index (κ1) is 85.4. The molecule has 9 heterocycles. The SMILES string of the molecule is CCCCN1CC([C@@H](O)c2cc(F)c([C@@H]3c4[nH]c5cc(F)ccc5c4C[C@@H](C)N3CC(F)(F)CO)c(F)c2)C1.CCCCN1CC([C@@H](O)c2cc(F)c([C@@H]3c4[nH]c5ccccc5c4C[C@@H](C)N3C[C@H](F)CO)c(F)c2)C1.CCCCN1CC([C@H](O)c2cc(F)c([C@@H]3c4[nH]c5cc(F)ccc5c4C[C@@H](C)N3CC(F)(F)CO)c(F)c2)C1. The maximum Gasteiger partial charge on any atom is 0.283 e. The molecule has 6 aliphatic rings. The third-order valence-electron chi connectivity index (χ3n) is 24.5. The predicted molar refractivity (Wildman–Crippen MR) is 414 cm³/mol. The summed E-state index contributed by atoms with van der Waals surface area (Å²) in [6.45, 7) is 12.8. The molecule has 0 amide bonds. The van der Waals surface area contributed by atoms with Crippen LogP contribution in [0.1, 0.15) is 184 Å². The highest BCUT2D eigenvalue weighted by molar-refractivity contribution is 5.87. The van der Waals surface area contributed by atoms with Crippen molar-refractivity contribution in [3.63, 3.8) is 0 Å². The van der Waals surface area contributed by atoms with Crippen LogP contribution >= 0.6 is 0 Å². The molecule has 0 saturated carbocycles. The van der Waals surface area contributed by atoms with Crippen molar-refractivity contribution in [1.29, 1.82) is 0 Å². The van der Waals surface area contributed by atoms with Gasteiger partial charge in [-0.25, -0.2) is 57.1 Å². The van der Waals surface area contributed by atoms with E-state index in [9.17, 15) is 61.4 Å². The fraction of sp³-hybridized carbons (Fsp3) is 0.517. The lowest BCUT2D eigenvalue weighted by Gasteiger charge is -2.43. The molecule has 0 radical (unpaired) electrons. The molecular formula is C87H104F13N9O6. The van der Waals surface area contributed by atoms with Crippen LogP contribution in [0.3, 0.4) is 0 Å². The van der Waals surface area contributed by atoms with Gasteiger partial charge in [-0.2, -0.15) is 0 Å². The number of H-pyrrole nitrogens is 3. The van der Waals surface area contributed by atoms with Crippen LogP contribution < -0.4 is 0 Å². The van der Waals surface area contributed by atoms with Gasteiger partial charge in [0.2, 0.25) is 0 Å². The summed E-state index contributed by atoms with van der Waals surface area (Å²) >= 11 is 0. The highest BCUT2D eigenvalue weighted by Crippen LogP contribution is 2.49. The van der Waals surface area contributed by atoms with Crippen LogP contribution in [-0.2, 0) is 19.3 Å². The molecule has 15 nitrogen and oxygen atoms in total. The number of aliphatic hydroxyl groups excluding tert-OH is 6. The van der Waals surface area contributed by atoms with Gasteiger partial charge in [0.25, 0.3) is 11.8 Å². The molecule has 115 heavy (non-hydrogen) atoms. The van der Waals surface area contributed by atoms with E-state index in [0.717, 1.165) is 98.9 Å². The van der Waals surface area contributed by atoms with Crippen LogP contribution in [0.5, 0.6) is 0 Å². The Morgan fingerprint density at radius 1 is 0.417 bits per heavy atom. The number of likely N-dealkylation sites (tertiary alicyclic amines) is 3. The van der Waals surface area contributed by atoms with Gasteiger partial charge in [-0.1, -0.05) is 58.2 Å². The molecule has 3 aromatic heterocycles. The number of unbranched alkanes of at least 4 members (excludes halogenated alkanes) is 3. The summed E-state index contributed by atoms with van der Waals surface area (Å²) in [6.07, 6.45) is 2.90. The number of nitrogens with one attached hydrogen (secondary N) is 3. The lowest BCUT2D eigenvalue weighted by Crippen LogP contribution is -2.50. The largest absolute Gasteiger partial charge is 0.393 e. The summed E-state index contributed by atoms with van der Waals surface area (Å²) in [5, 5.41) is 62.8. The van der Waals surface area contributed by atoms with Gasteiger partial charge in [-0.15, -0.1) is 0 Å². The van der Waals surface area contributed by atoms with E-state index >= 15 is 26.3 Å². The summed E-state index contributed by atoms with van der Waals surface area (Å²) in [5.41, 5.74) is 4.62. The first-order valence-corrected chi connectivity index (χ1v) is 40.2. The first-order chi connectivity index (χ1) is 54.9. The molecule has 9 aromatic rings. The van der Waals surface area contributed by atoms with E-state index in [1.807, 2.05) is 31.2 Å². The van der Waals surface area contributed by atoms with E-state index in [1.54, 1.807) is 30.9 Å². The predicted octanol–water partition coefficient (Wildman–Crippen LogP) is 15.5. The Kier molecular flexibility index (Phi) is 26.5. The molecule has 3 saturated heterocycles. The van der Waals surface area contributed by atoms with Crippen molar-refractivity contribution in [1.82, 2.24) is 44.4 Å². The fourth-order valence-corrected chi connectivity index (χ4v) is 18.3. The second-order valence-electron chi connectivity index (χ2n) is 32.8. The fourth-order valence-electron chi connectivity index (χ4n) is 18.3. The molecule has 9 N–H and O–H groups in total. The van der Waals surface area contributed by atoms with Gasteiger partial charge >= 0.3 is 0 Å². The zero-order valence-electron chi connectivity index (χ0n) is 65.5. The van der Waals surface area contributed by atoms with Crippen LogP contribution in [0.4, 0.5) is 57.1 Å². The molecule has 0 unspecified atom stereocenters. The van der Waals surface area contributed by atoms with E-state index in [0.29, 0.717) is 95.7 Å². The number of aliphatic hydroxyl groups is 6. The number of hydrogen-bond acceptors (Lipinski definition) is 12. The molecule has 6 aliphatic heterocycles. The van der Waals surface area contributed by atoms with Gasteiger partial charge in [0, 0.05) is 148 Å². The first-order valence-electron chi connectivity index (χ1n) is 40.2. The van der Waals surface area contributed by atoms with Crippen LogP contribution in [-0.4, -0.2) is 209 Å². The van der Waals surface area contributed by atoms with Crippen molar-refractivity contribution in [3.05, 3.63) is 211 Å². The molecule has 15 rings (SSSR count). The standard InChI is InChI=1S/2C29H34F5N3O2.C29H36F3N3O2/c2*1-3-4-7-36-12-18(13-36)28(39)17-9-22(31)25(23(32)10-17)27-26-21(20-6-5-19(30)11-24(20)35-26)8-16(2)37(27)14-29(33,34)15-38;1-3-4-9-34-13-19(14-34)29(37)18-11-23(31)26(24(32)12-18)28-27-22(21-7-5-6-8-25(21)33-27)10-17(2)35(28)15-20(30)16-36/h2*5-6,9-11,16,18,27-28,35,38-39H,3-4,7-8,12-15H2,1-2H3;5-8,11-12,17,19-20,28-29,33,36-37H,3-4,9-10,13-16H2,1-2H3/t16-,27-,28+;16-,27-,28-;17-,20+,28-,29+/m111/s1. The quantitative estimate of drug-likeness (QED) is 0.0222. The Morgan fingerprint density at radius 3 is 1.04 bits per heavy atom. The van der Waals surface area contributed by atoms with Gasteiger partial charge in [-0.05, 0) is 191 Å². The van der Waals surface area contributed by atoms with Crippen LogP contribution in [0.15, 0.2) is 97.1 Å². The second-order valence-corrected chi connectivity index (χ2v) is 32.8. The number of rotatable bonds is 27. The topological polar surface area (TPSA) is 188 Å². The minimum absolute atomic E-state index is 0.0649. The Labute approximate surface area is 660 Å². The third-order valence-corrected chi connectivity index (χ3v) is 24.5. The van der Waals surface area contributed by atoms with Gasteiger partial charge < -0.3 is 60.3 Å². The molecule has 0 spiro atoms. The van der Waals surface area contributed by atoms with Gasteiger partial charge in [0.05, 0.1) is 56.1 Å². The molecule has 0 aliphatic carbocycles. The Bertz CT molecular complexity index is 4600. The summed E-state index contributed by atoms with van der Waals surface area (Å²) in [7, 11) is 0. The number of alkyl halides is 5. The third kappa shape index (κ3) is 17.8. The van der Waals surface area contributed by atoms with Gasteiger partial charge in [-0.3, -0.25) is 14.7 Å². The second kappa shape index (κ2) is 35.6. The summed E-state index contributed by atoms with van der Waals surface area (Å²) < 4.78 is 195. The number of benzene rings is 6. The van der Waals surface area contributed by atoms with Gasteiger partial charge in [0.1, 0.15) is 65.9 Å². The highest BCUT2D eigenvalue weighted by atomic mass is 19.3. The number of halogens is 13. The van der Waals surface area contributed by atoms with E-state index in [1.165, 1.54) is 46.2 Å². The highest BCUT2D eigenvalue weighted by Gasteiger charge is 2.48. The Morgan fingerprint density at radius 2 is 0.722 bits per heavy atom. The van der Waals surface area contributed by atoms with E-state index in [2.05, 4.69) is 50.4 Å². The maximum atomic E-state index is 15.8. The van der Waals surface area contributed by atoms with Crippen LogP contribution in [0.25, 0.3) is 32.7 Å². The molecule has 6 aromatic carbocycles. The Balaban J connectivity index is 0.000000150. The molecule has 0 bridgehead atoms. The van der Waals surface area contributed by atoms with Crippen molar-refractivity contribution in [3.8, 4) is 0 Å². The minimum atomic E-state index is -3.51. The zero-order valence-corrected chi connectivity index (χ0v) is 65.5. The molecule has 624 valence electrons. The molecular weight excluding hydrogens is 1510 g/mol. The minimum Gasteiger partial charge on any atom is -0.393 e. The van der Waals surface area contributed by atoms with E-state index in [-0.39, 0.29) is 65.4 Å². The van der Waals surface area contributed by atoms with Crippen molar-refractivity contribution < 1.29 is 87.7 Å². The Hall–Kier alpha value is -7.45. The van der Waals surface area contributed by atoms with Crippen LogP contribution in [0.2, 0.25) is 0 Å². The van der Waals surface area contributed by atoms with E-state index in [4.69, 9.17) is 0 Å². The number of aromatic nitrogens is 3. The number of hydrogen-bond donors (Lipinski definition) is 9. The van der Waals surface area contributed by atoms with E-state index < -0.39 is 157 Å². The molecule has 3 fully saturated rings. The van der Waals surface area contributed by atoms with Gasteiger partial charge in [0.15, 0.2) is 0 Å². The lowest BCUT2D eigenvalue weighted by atomic mass is 9.85. The van der Waals surface area contributed by atoms with Crippen molar-refractivity contribution >= 4 is 32.7 Å². The number of nitrogens with zero attached hydrogens (tertiary/aromatic N) is 6. The zero-order chi connectivity index (χ0) is 82.4. The monoisotopic (exact) mass is 1620 g/mol. The number of aromatic amines is 3. The summed E-state index contributed by atoms with van der Waals surface area (Å²) in [4.78, 5) is 20.3. The van der Waals surface area contributed by atoms with Crippen molar-refractivity contribution in [2.45, 2.75) is 172 Å². The summed E-state index contributed by atoms with van der Waals surface area (Å²) in [5.74, 6) is -13.8. The smallest absolute Gasteiger partial charge is 0.283 e. The summed E-state index contributed by atoms with van der Waals surface area (Å²) in [6, 6.07) is 17.9. The molecule has 10 atom stereocenters. The number of fused-ring (bicyclic) bond motifs is 9. The normalized spacial score (nSPS) is 22.1. The molecule has 28 heteroatoms.